The number of aliphatic carboxylic acids is 1. The Morgan fingerprint density at radius 2 is 1.75 bits per heavy atom. The van der Waals surface area contributed by atoms with Gasteiger partial charge >= 0.3 is 5.97 Å². The first kappa shape index (κ1) is 13.9. The quantitative estimate of drug-likeness (QED) is 0.867. The van der Waals surface area contributed by atoms with Gasteiger partial charge in [-0.1, -0.05) is 12.1 Å². The van der Waals surface area contributed by atoms with Gasteiger partial charge in [0.05, 0.1) is 13.0 Å². The lowest BCUT2D eigenvalue weighted by molar-refractivity contribution is -0.136. The maximum Gasteiger partial charge on any atom is 0.307 e. The molecule has 5 nitrogen and oxygen atoms in total. The van der Waals surface area contributed by atoms with Crippen molar-refractivity contribution in [2.45, 2.75) is 13.0 Å². The summed E-state index contributed by atoms with van der Waals surface area (Å²) in [5.41, 5.74) is 0.724. The van der Waals surface area contributed by atoms with Crippen molar-refractivity contribution in [3.8, 4) is 5.75 Å². The van der Waals surface area contributed by atoms with Gasteiger partial charge < -0.3 is 14.4 Å². The van der Waals surface area contributed by atoms with E-state index in [2.05, 4.69) is 0 Å². The molecule has 0 bridgehead atoms. The van der Waals surface area contributed by atoms with Gasteiger partial charge in [0.2, 0.25) is 0 Å². The van der Waals surface area contributed by atoms with Crippen LogP contribution < -0.4 is 10.2 Å². The van der Waals surface area contributed by atoms with Crippen molar-refractivity contribution in [1.29, 1.82) is 0 Å². The summed E-state index contributed by atoms with van der Waals surface area (Å²) in [6, 6.07) is 9.99. The van der Waals surface area contributed by atoms with Crippen LogP contribution >= 0.6 is 0 Å². The monoisotopic (exact) mass is 273 g/mol. The zero-order valence-corrected chi connectivity index (χ0v) is 10.9. The van der Waals surface area contributed by atoms with E-state index in [4.69, 9.17) is 9.84 Å². The molecule has 0 aliphatic carbocycles. The van der Waals surface area contributed by atoms with E-state index >= 15 is 0 Å². The predicted molar refractivity (Wildman–Crippen MR) is 74.0 cm³/mol. The van der Waals surface area contributed by atoms with Crippen molar-refractivity contribution in [2.24, 2.45) is 0 Å². The average molecular weight is 273 g/mol. The molecular formula is C15H15NO4. The van der Waals surface area contributed by atoms with E-state index < -0.39 is 5.97 Å². The summed E-state index contributed by atoms with van der Waals surface area (Å²) >= 11 is 0. The van der Waals surface area contributed by atoms with Crippen LogP contribution in [0.3, 0.4) is 0 Å². The van der Waals surface area contributed by atoms with Gasteiger partial charge in [0.1, 0.15) is 12.4 Å². The fraction of sp³-hybridized carbons (Fsp3) is 0.200. The molecule has 104 valence electrons. The lowest BCUT2D eigenvalue weighted by Crippen LogP contribution is -2.10. The molecule has 0 fully saturated rings. The van der Waals surface area contributed by atoms with Crippen molar-refractivity contribution < 1.29 is 14.6 Å². The Labute approximate surface area is 116 Å². The zero-order valence-electron chi connectivity index (χ0n) is 10.9. The second-order valence-electron chi connectivity index (χ2n) is 4.33. The molecule has 0 aliphatic rings. The van der Waals surface area contributed by atoms with Crippen molar-refractivity contribution in [3.63, 3.8) is 0 Å². The Bertz CT molecular complexity index is 611. The second kappa shape index (κ2) is 6.56. The number of carbonyl (C=O) groups is 1. The van der Waals surface area contributed by atoms with Crippen molar-refractivity contribution in [3.05, 3.63) is 64.6 Å². The third kappa shape index (κ3) is 4.28. The summed E-state index contributed by atoms with van der Waals surface area (Å²) in [7, 11) is 0. The van der Waals surface area contributed by atoms with Crippen LogP contribution in [0.5, 0.6) is 5.75 Å². The number of carboxylic acid groups (broad SMARTS) is 1. The SMILES string of the molecule is O=C(O)Cc1ccc(OCCn2ccc(=O)cc2)cc1. The van der Waals surface area contributed by atoms with Crippen LogP contribution in [0.15, 0.2) is 53.6 Å². The van der Waals surface area contributed by atoms with Gasteiger partial charge in [-0.3, -0.25) is 9.59 Å². The Hall–Kier alpha value is -2.56. The number of pyridine rings is 1. The topological polar surface area (TPSA) is 68.5 Å². The van der Waals surface area contributed by atoms with Gasteiger partial charge in [0.25, 0.3) is 0 Å². The summed E-state index contributed by atoms with van der Waals surface area (Å²) in [5, 5.41) is 8.67. The van der Waals surface area contributed by atoms with Gasteiger partial charge in [-0.15, -0.1) is 0 Å². The van der Waals surface area contributed by atoms with Gasteiger partial charge in [0.15, 0.2) is 5.43 Å². The lowest BCUT2D eigenvalue weighted by Gasteiger charge is -2.08. The van der Waals surface area contributed by atoms with Crippen LogP contribution in [-0.2, 0) is 17.8 Å². The highest BCUT2D eigenvalue weighted by Gasteiger charge is 2.00. The second-order valence-corrected chi connectivity index (χ2v) is 4.33. The third-order valence-corrected chi connectivity index (χ3v) is 2.76. The Morgan fingerprint density at radius 1 is 1.10 bits per heavy atom. The molecule has 0 aliphatic heterocycles. The number of rotatable bonds is 6. The number of hydrogen-bond acceptors (Lipinski definition) is 3. The number of hydrogen-bond donors (Lipinski definition) is 1. The van der Waals surface area contributed by atoms with Crippen LogP contribution in [-0.4, -0.2) is 22.2 Å². The van der Waals surface area contributed by atoms with E-state index in [1.54, 1.807) is 36.7 Å². The van der Waals surface area contributed by atoms with E-state index in [1.807, 2.05) is 4.57 Å². The van der Waals surface area contributed by atoms with E-state index in [-0.39, 0.29) is 11.8 Å². The highest BCUT2D eigenvalue weighted by atomic mass is 16.5. The highest BCUT2D eigenvalue weighted by Crippen LogP contribution is 2.12. The molecule has 20 heavy (non-hydrogen) atoms. The lowest BCUT2D eigenvalue weighted by atomic mass is 10.1. The summed E-state index contributed by atoms with van der Waals surface area (Å²) in [5.74, 6) is -0.155. The van der Waals surface area contributed by atoms with Crippen LogP contribution in [0, 0.1) is 0 Å². The summed E-state index contributed by atoms with van der Waals surface area (Å²) in [4.78, 5) is 21.5. The molecule has 1 aromatic carbocycles. The minimum atomic E-state index is -0.850. The summed E-state index contributed by atoms with van der Waals surface area (Å²) in [6.45, 7) is 1.11. The average Bonchev–Trinajstić information content (AvgIpc) is 2.42. The zero-order chi connectivity index (χ0) is 14.4. The summed E-state index contributed by atoms with van der Waals surface area (Å²) < 4.78 is 7.42. The molecule has 2 aromatic rings. The van der Waals surface area contributed by atoms with Crippen LogP contribution in [0.2, 0.25) is 0 Å². The Kier molecular flexibility index (Phi) is 4.55. The van der Waals surface area contributed by atoms with Crippen LogP contribution in [0.4, 0.5) is 0 Å². The molecule has 0 atom stereocenters. The Morgan fingerprint density at radius 3 is 2.35 bits per heavy atom. The van der Waals surface area contributed by atoms with Crippen molar-refractivity contribution in [2.75, 3.05) is 6.61 Å². The van der Waals surface area contributed by atoms with Crippen LogP contribution in [0.25, 0.3) is 0 Å². The number of nitrogens with zero attached hydrogens (tertiary/aromatic N) is 1. The molecule has 0 radical (unpaired) electrons. The smallest absolute Gasteiger partial charge is 0.307 e. The first-order valence-corrected chi connectivity index (χ1v) is 6.23. The standard InChI is InChI=1S/C15H15NO4/c17-13-5-7-16(8-6-13)9-10-20-14-3-1-12(2-4-14)11-15(18)19/h1-8H,9-11H2,(H,18,19). The van der Waals surface area contributed by atoms with E-state index in [0.717, 1.165) is 5.56 Å². The molecule has 0 saturated heterocycles. The van der Waals surface area contributed by atoms with Crippen molar-refractivity contribution in [1.82, 2.24) is 4.57 Å². The minimum absolute atomic E-state index is 0.0116. The van der Waals surface area contributed by atoms with E-state index in [1.165, 1.54) is 12.1 Å². The van der Waals surface area contributed by atoms with Gasteiger partial charge in [-0.25, -0.2) is 0 Å². The van der Waals surface area contributed by atoms with Gasteiger partial charge in [0, 0.05) is 24.5 Å². The molecule has 0 amide bonds. The molecular weight excluding hydrogens is 258 g/mol. The molecule has 1 aromatic heterocycles. The van der Waals surface area contributed by atoms with Crippen LogP contribution in [0.1, 0.15) is 5.56 Å². The predicted octanol–water partition coefficient (Wildman–Crippen LogP) is 1.55. The van der Waals surface area contributed by atoms with E-state index in [9.17, 15) is 9.59 Å². The normalized spacial score (nSPS) is 10.2. The summed E-state index contributed by atoms with van der Waals surface area (Å²) in [6.07, 6.45) is 3.43. The molecule has 2 rings (SSSR count). The first-order valence-electron chi connectivity index (χ1n) is 6.23. The maximum absolute atomic E-state index is 10.9. The van der Waals surface area contributed by atoms with E-state index in [0.29, 0.717) is 18.9 Å². The molecule has 0 spiro atoms. The largest absolute Gasteiger partial charge is 0.492 e. The van der Waals surface area contributed by atoms with Gasteiger partial charge in [-0.05, 0) is 17.7 Å². The molecule has 0 saturated carbocycles. The number of benzene rings is 1. The highest BCUT2D eigenvalue weighted by molar-refractivity contribution is 5.70. The molecule has 1 N–H and O–H groups in total. The number of ether oxygens (including phenoxy) is 1. The third-order valence-electron chi connectivity index (χ3n) is 2.76. The fourth-order valence-electron chi connectivity index (χ4n) is 1.74. The fourth-order valence-corrected chi connectivity index (χ4v) is 1.74. The molecule has 1 heterocycles. The number of carboxylic acids is 1. The van der Waals surface area contributed by atoms with Crippen molar-refractivity contribution >= 4 is 5.97 Å². The minimum Gasteiger partial charge on any atom is -0.492 e. The van der Waals surface area contributed by atoms with Gasteiger partial charge in [-0.2, -0.15) is 0 Å². The Balaban J connectivity index is 1.83. The molecule has 5 heteroatoms. The first-order chi connectivity index (χ1) is 9.63. The molecule has 0 unspecified atom stereocenters. The number of aromatic nitrogens is 1. The maximum atomic E-state index is 10.9.